The molecule has 1 aliphatic heterocycles. The molecular weight excluding hydrogens is 263 g/mol. The number of amides is 1. The Morgan fingerprint density at radius 3 is 2.63 bits per heavy atom. The number of unbranched alkanes of at least 4 members (excludes halogenated alkanes) is 1. The molecule has 0 radical (unpaired) electrons. The van der Waals surface area contributed by atoms with Crippen LogP contribution in [-0.4, -0.2) is 42.6 Å². The van der Waals surface area contributed by atoms with Crippen LogP contribution in [0.3, 0.4) is 0 Å². The van der Waals surface area contributed by atoms with E-state index in [9.17, 15) is 22.8 Å². The van der Waals surface area contributed by atoms with Crippen molar-refractivity contribution >= 4 is 11.9 Å². The van der Waals surface area contributed by atoms with Gasteiger partial charge < -0.3 is 9.64 Å². The number of halogens is 3. The van der Waals surface area contributed by atoms with Crippen molar-refractivity contribution in [1.29, 1.82) is 0 Å². The minimum Gasteiger partial charge on any atom is -0.465 e. The molecule has 1 fully saturated rings. The number of esters is 1. The van der Waals surface area contributed by atoms with Crippen LogP contribution in [0.5, 0.6) is 0 Å². The summed E-state index contributed by atoms with van der Waals surface area (Å²) in [6, 6.07) is 0. The number of likely N-dealkylation sites (tertiary alicyclic amines) is 1. The zero-order chi connectivity index (χ0) is 14.5. The summed E-state index contributed by atoms with van der Waals surface area (Å²) in [6.07, 6.45) is -2.43. The van der Waals surface area contributed by atoms with Gasteiger partial charge in [-0.15, -0.1) is 0 Å². The molecule has 0 aromatic heterocycles. The van der Waals surface area contributed by atoms with E-state index >= 15 is 0 Å². The Bertz CT molecular complexity index is 331. The van der Waals surface area contributed by atoms with Gasteiger partial charge in [-0.25, -0.2) is 0 Å². The van der Waals surface area contributed by atoms with Crippen LogP contribution in [-0.2, 0) is 14.3 Å². The molecule has 1 heterocycles. The van der Waals surface area contributed by atoms with E-state index in [1.165, 1.54) is 0 Å². The van der Waals surface area contributed by atoms with Crippen molar-refractivity contribution < 1.29 is 27.5 Å². The Morgan fingerprint density at radius 1 is 1.37 bits per heavy atom. The molecule has 1 aliphatic rings. The topological polar surface area (TPSA) is 46.6 Å². The lowest BCUT2D eigenvalue weighted by atomic mass is 9.98. The van der Waals surface area contributed by atoms with E-state index in [4.69, 9.17) is 4.74 Å². The van der Waals surface area contributed by atoms with Gasteiger partial charge in [0.25, 0.3) is 0 Å². The van der Waals surface area contributed by atoms with Gasteiger partial charge in [0.2, 0.25) is 0 Å². The predicted octanol–water partition coefficient (Wildman–Crippen LogP) is 2.13. The molecular formula is C12H18F3NO3. The Balaban J connectivity index is 2.50. The SMILES string of the molecule is CCCCOC(=O)[C@H]1CCCN(C(=O)C(F)(F)F)C1. The molecule has 1 rings (SSSR count). The second-order valence-corrected chi connectivity index (χ2v) is 4.61. The maximum atomic E-state index is 12.3. The summed E-state index contributed by atoms with van der Waals surface area (Å²) in [7, 11) is 0. The van der Waals surface area contributed by atoms with Gasteiger partial charge in [-0.3, -0.25) is 9.59 Å². The molecule has 19 heavy (non-hydrogen) atoms. The normalized spacial score (nSPS) is 20.2. The van der Waals surface area contributed by atoms with Crippen LogP contribution < -0.4 is 0 Å². The van der Waals surface area contributed by atoms with Gasteiger partial charge in [0.05, 0.1) is 12.5 Å². The third-order valence-electron chi connectivity index (χ3n) is 3.03. The lowest BCUT2D eigenvalue weighted by molar-refractivity contribution is -0.188. The summed E-state index contributed by atoms with van der Waals surface area (Å²) in [5.41, 5.74) is 0. The van der Waals surface area contributed by atoms with Gasteiger partial charge >= 0.3 is 18.1 Å². The van der Waals surface area contributed by atoms with Gasteiger partial charge in [-0.2, -0.15) is 13.2 Å². The lowest BCUT2D eigenvalue weighted by Crippen LogP contribution is -2.48. The fourth-order valence-corrected chi connectivity index (χ4v) is 1.97. The van der Waals surface area contributed by atoms with E-state index in [1.54, 1.807) is 0 Å². The van der Waals surface area contributed by atoms with Crippen LogP contribution in [0, 0.1) is 5.92 Å². The van der Waals surface area contributed by atoms with Crippen molar-refractivity contribution in [2.75, 3.05) is 19.7 Å². The number of alkyl halides is 3. The molecule has 0 aromatic rings. The molecule has 1 amide bonds. The molecule has 1 atom stereocenters. The molecule has 110 valence electrons. The van der Waals surface area contributed by atoms with E-state index in [0.29, 0.717) is 17.7 Å². The van der Waals surface area contributed by atoms with Crippen LogP contribution in [0.25, 0.3) is 0 Å². The first-order valence-corrected chi connectivity index (χ1v) is 6.39. The number of rotatable bonds is 4. The average molecular weight is 281 g/mol. The molecule has 7 heteroatoms. The first kappa shape index (κ1) is 15.8. The lowest BCUT2D eigenvalue weighted by Gasteiger charge is -2.31. The Hall–Kier alpha value is -1.27. The van der Waals surface area contributed by atoms with E-state index in [-0.39, 0.29) is 19.7 Å². The van der Waals surface area contributed by atoms with Gasteiger partial charge in [0, 0.05) is 13.1 Å². The number of carbonyl (C=O) groups excluding carboxylic acids is 2. The molecule has 0 N–H and O–H groups in total. The van der Waals surface area contributed by atoms with Gasteiger partial charge in [-0.05, 0) is 19.3 Å². The zero-order valence-corrected chi connectivity index (χ0v) is 10.8. The fraction of sp³-hybridized carbons (Fsp3) is 0.833. The van der Waals surface area contributed by atoms with E-state index < -0.39 is 24.0 Å². The highest BCUT2D eigenvalue weighted by molar-refractivity contribution is 5.83. The van der Waals surface area contributed by atoms with Crippen molar-refractivity contribution in [3.05, 3.63) is 0 Å². The summed E-state index contributed by atoms with van der Waals surface area (Å²) < 4.78 is 41.9. The summed E-state index contributed by atoms with van der Waals surface area (Å²) in [5.74, 6) is -3.02. The Morgan fingerprint density at radius 2 is 2.05 bits per heavy atom. The number of carbonyl (C=O) groups is 2. The van der Waals surface area contributed by atoms with Crippen molar-refractivity contribution in [3.63, 3.8) is 0 Å². The molecule has 1 saturated heterocycles. The number of hydrogen-bond donors (Lipinski definition) is 0. The van der Waals surface area contributed by atoms with E-state index in [1.807, 2.05) is 6.92 Å². The Labute approximate surface area is 109 Å². The fourth-order valence-electron chi connectivity index (χ4n) is 1.97. The second-order valence-electron chi connectivity index (χ2n) is 4.61. The van der Waals surface area contributed by atoms with Crippen molar-refractivity contribution in [1.82, 2.24) is 4.90 Å². The maximum Gasteiger partial charge on any atom is 0.471 e. The summed E-state index contributed by atoms with van der Waals surface area (Å²) in [4.78, 5) is 23.4. The van der Waals surface area contributed by atoms with E-state index in [0.717, 1.165) is 12.8 Å². The van der Waals surface area contributed by atoms with Crippen LogP contribution in [0.1, 0.15) is 32.6 Å². The standard InChI is InChI=1S/C12H18F3NO3/c1-2-3-7-19-10(17)9-5-4-6-16(8-9)11(18)12(13,14)15/h9H,2-8H2,1H3/t9-/m0/s1. The molecule has 0 unspecified atom stereocenters. The average Bonchev–Trinajstić information content (AvgIpc) is 2.37. The van der Waals surface area contributed by atoms with E-state index in [2.05, 4.69) is 0 Å². The highest BCUT2D eigenvalue weighted by Gasteiger charge is 2.44. The largest absolute Gasteiger partial charge is 0.471 e. The minimum atomic E-state index is -4.88. The molecule has 0 saturated carbocycles. The summed E-state index contributed by atoms with van der Waals surface area (Å²) in [5, 5.41) is 0. The van der Waals surface area contributed by atoms with Crippen LogP contribution in [0.4, 0.5) is 13.2 Å². The highest BCUT2D eigenvalue weighted by Crippen LogP contribution is 2.24. The Kier molecular flexibility index (Phi) is 5.62. The van der Waals surface area contributed by atoms with Crippen molar-refractivity contribution in [2.45, 2.75) is 38.8 Å². The van der Waals surface area contributed by atoms with Crippen molar-refractivity contribution in [2.24, 2.45) is 5.92 Å². The van der Waals surface area contributed by atoms with Crippen LogP contribution in [0.2, 0.25) is 0 Å². The minimum absolute atomic E-state index is 0.0388. The molecule has 0 spiro atoms. The summed E-state index contributed by atoms with van der Waals surface area (Å²) >= 11 is 0. The monoisotopic (exact) mass is 281 g/mol. The number of nitrogens with zero attached hydrogens (tertiary/aromatic N) is 1. The maximum absolute atomic E-state index is 12.3. The predicted molar refractivity (Wildman–Crippen MR) is 61.2 cm³/mol. The quantitative estimate of drug-likeness (QED) is 0.586. The zero-order valence-electron chi connectivity index (χ0n) is 10.8. The number of hydrogen-bond acceptors (Lipinski definition) is 3. The number of piperidine rings is 1. The summed E-state index contributed by atoms with van der Waals surface area (Å²) in [6.45, 7) is 2.05. The van der Waals surface area contributed by atoms with Gasteiger partial charge in [0.15, 0.2) is 0 Å². The van der Waals surface area contributed by atoms with Gasteiger partial charge in [-0.1, -0.05) is 13.3 Å². The molecule has 0 aromatic carbocycles. The van der Waals surface area contributed by atoms with Crippen LogP contribution >= 0.6 is 0 Å². The molecule has 0 aliphatic carbocycles. The van der Waals surface area contributed by atoms with Gasteiger partial charge in [0.1, 0.15) is 0 Å². The smallest absolute Gasteiger partial charge is 0.465 e. The third kappa shape index (κ3) is 4.72. The first-order chi connectivity index (χ1) is 8.86. The third-order valence-corrected chi connectivity index (χ3v) is 3.03. The first-order valence-electron chi connectivity index (χ1n) is 6.39. The highest BCUT2D eigenvalue weighted by atomic mass is 19.4. The molecule has 0 bridgehead atoms. The van der Waals surface area contributed by atoms with Crippen LogP contribution in [0.15, 0.2) is 0 Å². The van der Waals surface area contributed by atoms with Crippen molar-refractivity contribution in [3.8, 4) is 0 Å². The number of ether oxygens (including phenoxy) is 1. The second kappa shape index (κ2) is 6.77. The molecule has 4 nitrogen and oxygen atoms in total.